The number of nitriles is 1. The molecule has 5 heteroatoms. The average molecular weight is 178 g/mol. The molecule has 5 nitrogen and oxygen atoms in total. The third kappa shape index (κ3) is 1.56. The van der Waals surface area contributed by atoms with Crippen LogP contribution in [0.3, 0.4) is 0 Å². The largest absolute Gasteiger partial charge is 0.506 e. The summed E-state index contributed by atoms with van der Waals surface area (Å²) in [6, 6.07) is 3.94. The number of aromatic hydroxyl groups is 1. The minimum absolute atomic E-state index is 0.0771. The molecule has 1 aromatic rings. The molecule has 0 heterocycles. The molecule has 0 saturated heterocycles. The van der Waals surface area contributed by atoms with Gasteiger partial charge in [-0.1, -0.05) is 0 Å². The highest BCUT2D eigenvalue weighted by Gasteiger charge is 2.12. The molecule has 0 fully saturated rings. The van der Waals surface area contributed by atoms with Crippen molar-refractivity contribution in [1.29, 1.82) is 5.26 Å². The van der Waals surface area contributed by atoms with Crippen molar-refractivity contribution >= 4 is 5.69 Å². The number of phenols is 1. The summed E-state index contributed by atoms with van der Waals surface area (Å²) in [5.74, 6) is -0.201. The number of benzene rings is 1. The molecule has 0 bridgehead atoms. The Morgan fingerprint density at radius 1 is 1.62 bits per heavy atom. The molecule has 1 rings (SSSR count). The highest BCUT2D eigenvalue weighted by Crippen LogP contribution is 2.26. The number of phenolic OH excluding ortho intramolecular Hbond substituents is 1. The fourth-order valence-electron chi connectivity index (χ4n) is 0.951. The highest BCUT2D eigenvalue weighted by atomic mass is 16.6. The lowest BCUT2D eigenvalue weighted by atomic mass is 10.1. The molecule has 0 spiro atoms. The third-order valence-electron chi connectivity index (χ3n) is 1.62. The van der Waals surface area contributed by atoms with Crippen molar-refractivity contribution in [2.75, 3.05) is 0 Å². The molecule has 1 aromatic carbocycles. The second-order valence-electron chi connectivity index (χ2n) is 2.53. The highest BCUT2D eigenvalue weighted by molar-refractivity contribution is 5.53. The van der Waals surface area contributed by atoms with Gasteiger partial charge in [0, 0.05) is 12.1 Å². The van der Waals surface area contributed by atoms with E-state index in [0.717, 1.165) is 6.07 Å². The monoisotopic (exact) mass is 178 g/mol. The standard InChI is InChI=1S/C8H6N2O3/c1-5-2-7(10(12)13)3-6(4-9)8(5)11/h2-3,11H,1H3. The van der Waals surface area contributed by atoms with Crippen molar-refractivity contribution in [1.82, 2.24) is 0 Å². The topological polar surface area (TPSA) is 87.2 Å². The molecule has 0 aliphatic carbocycles. The van der Waals surface area contributed by atoms with Gasteiger partial charge in [0.15, 0.2) is 0 Å². The van der Waals surface area contributed by atoms with Crippen LogP contribution in [0.1, 0.15) is 11.1 Å². The lowest BCUT2D eigenvalue weighted by Crippen LogP contribution is -1.91. The van der Waals surface area contributed by atoms with Gasteiger partial charge in [-0.05, 0) is 12.5 Å². The number of hydrogen-bond donors (Lipinski definition) is 1. The zero-order valence-corrected chi connectivity index (χ0v) is 6.81. The van der Waals surface area contributed by atoms with E-state index in [1.807, 2.05) is 0 Å². The number of rotatable bonds is 1. The van der Waals surface area contributed by atoms with Gasteiger partial charge in [0.25, 0.3) is 5.69 Å². The van der Waals surface area contributed by atoms with E-state index in [2.05, 4.69) is 0 Å². The number of nitro groups is 1. The summed E-state index contributed by atoms with van der Waals surface area (Å²) in [4.78, 5) is 9.74. The lowest BCUT2D eigenvalue weighted by molar-refractivity contribution is -0.384. The van der Waals surface area contributed by atoms with E-state index in [1.54, 1.807) is 6.07 Å². The van der Waals surface area contributed by atoms with E-state index in [9.17, 15) is 15.2 Å². The van der Waals surface area contributed by atoms with Gasteiger partial charge < -0.3 is 5.11 Å². The number of non-ortho nitro benzene ring substituents is 1. The fraction of sp³-hybridized carbons (Fsp3) is 0.125. The summed E-state index contributed by atoms with van der Waals surface area (Å²) in [6.07, 6.45) is 0. The van der Waals surface area contributed by atoms with Gasteiger partial charge in [-0.2, -0.15) is 5.26 Å². The predicted octanol–water partition coefficient (Wildman–Crippen LogP) is 1.48. The SMILES string of the molecule is Cc1cc([N+](=O)[O-])cc(C#N)c1O. The van der Waals surface area contributed by atoms with Crippen LogP contribution >= 0.6 is 0 Å². The van der Waals surface area contributed by atoms with Crippen LogP contribution in [0.15, 0.2) is 12.1 Å². The van der Waals surface area contributed by atoms with E-state index in [1.165, 1.54) is 13.0 Å². The van der Waals surface area contributed by atoms with Gasteiger partial charge in [0.1, 0.15) is 17.4 Å². The van der Waals surface area contributed by atoms with Crippen LogP contribution in [0.4, 0.5) is 5.69 Å². The molecule has 1 N–H and O–H groups in total. The number of nitrogens with zero attached hydrogens (tertiary/aromatic N) is 2. The minimum Gasteiger partial charge on any atom is -0.506 e. The Morgan fingerprint density at radius 2 is 2.23 bits per heavy atom. The molecule has 66 valence electrons. The van der Waals surface area contributed by atoms with E-state index in [-0.39, 0.29) is 17.0 Å². The van der Waals surface area contributed by atoms with E-state index >= 15 is 0 Å². The molecule has 13 heavy (non-hydrogen) atoms. The maximum atomic E-state index is 10.3. The maximum absolute atomic E-state index is 10.3. The predicted molar refractivity (Wildman–Crippen MR) is 44.2 cm³/mol. The van der Waals surface area contributed by atoms with Crippen LogP contribution in [-0.2, 0) is 0 Å². The zero-order chi connectivity index (χ0) is 10.0. The molecule has 0 aliphatic heterocycles. The first-order valence-corrected chi connectivity index (χ1v) is 3.44. The van der Waals surface area contributed by atoms with Crippen LogP contribution in [-0.4, -0.2) is 10.0 Å². The molecule has 0 radical (unpaired) electrons. The lowest BCUT2D eigenvalue weighted by Gasteiger charge is -1.99. The van der Waals surface area contributed by atoms with E-state index in [0.29, 0.717) is 5.56 Å². The van der Waals surface area contributed by atoms with Crippen LogP contribution in [0, 0.1) is 28.4 Å². The van der Waals surface area contributed by atoms with Crippen LogP contribution < -0.4 is 0 Å². The van der Waals surface area contributed by atoms with Crippen LogP contribution in [0.25, 0.3) is 0 Å². The molecule has 0 saturated carbocycles. The van der Waals surface area contributed by atoms with Gasteiger partial charge in [-0.15, -0.1) is 0 Å². The Morgan fingerprint density at radius 3 is 2.69 bits per heavy atom. The average Bonchev–Trinajstić information content (AvgIpc) is 2.09. The van der Waals surface area contributed by atoms with Crippen LogP contribution in [0.2, 0.25) is 0 Å². The zero-order valence-electron chi connectivity index (χ0n) is 6.81. The molecule has 0 unspecified atom stereocenters. The summed E-state index contributed by atoms with van der Waals surface area (Å²) in [5.41, 5.74) is 0.0595. The van der Waals surface area contributed by atoms with E-state index < -0.39 is 4.92 Å². The van der Waals surface area contributed by atoms with E-state index in [4.69, 9.17) is 5.26 Å². The van der Waals surface area contributed by atoms with Crippen molar-refractivity contribution in [2.24, 2.45) is 0 Å². The molecule has 0 aromatic heterocycles. The molecule has 0 amide bonds. The Kier molecular flexibility index (Phi) is 2.15. The Bertz CT molecular complexity index is 407. The first kappa shape index (κ1) is 9.00. The number of aryl methyl sites for hydroxylation is 1. The Balaban J connectivity index is 3.41. The van der Waals surface area contributed by atoms with Crippen molar-refractivity contribution in [2.45, 2.75) is 6.92 Å². The quantitative estimate of drug-likeness (QED) is 0.521. The van der Waals surface area contributed by atoms with Crippen molar-refractivity contribution in [3.63, 3.8) is 0 Å². The first-order chi connectivity index (χ1) is 6.06. The molecule has 0 aliphatic rings. The summed E-state index contributed by atoms with van der Waals surface area (Å²) < 4.78 is 0. The Hall–Kier alpha value is -2.09. The normalized spacial score (nSPS) is 9.23. The van der Waals surface area contributed by atoms with Gasteiger partial charge in [-0.3, -0.25) is 10.1 Å². The number of nitro benzene ring substituents is 1. The fourth-order valence-corrected chi connectivity index (χ4v) is 0.951. The molecule has 0 atom stereocenters. The summed E-state index contributed by atoms with van der Waals surface area (Å²) in [6.45, 7) is 1.50. The van der Waals surface area contributed by atoms with Gasteiger partial charge in [0.2, 0.25) is 0 Å². The summed E-state index contributed by atoms with van der Waals surface area (Å²) >= 11 is 0. The second kappa shape index (κ2) is 3.11. The minimum atomic E-state index is -0.604. The summed E-state index contributed by atoms with van der Waals surface area (Å²) in [7, 11) is 0. The number of hydrogen-bond acceptors (Lipinski definition) is 4. The van der Waals surface area contributed by atoms with Gasteiger partial charge in [0.05, 0.1) is 4.92 Å². The van der Waals surface area contributed by atoms with Crippen molar-refractivity contribution in [3.05, 3.63) is 33.4 Å². The smallest absolute Gasteiger partial charge is 0.271 e. The molecular formula is C8H6N2O3. The van der Waals surface area contributed by atoms with Crippen molar-refractivity contribution in [3.8, 4) is 11.8 Å². The summed E-state index contributed by atoms with van der Waals surface area (Å²) in [5, 5.41) is 28.1. The molecular weight excluding hydrogens is 172 g/mol. The maximum Gasteiger partial charge on any atom is 0.271 e. The second-order valence-corrected chi connectivity index (χ2v) is 2.53. The Labute approximate surface area is 74.0 Å². The van der Waals surface area contributed by atoms with Crippen LogP contribution in [0.5, 0.6) is 5.75 Å². The van der Waals surface area contributed by atoms with Gasteiger partial charge in [-0.25, -0.2) is 0 Å². The first-order valence-electron chi connectivity index (χ1n) is 3.44. The van der Waals surface area contributed by atoms with Gasteiger partial charge >= 0.3 is 0 Å². The van der Waals surface area contributed by atoms with Crippen molar-refractivity contribution < 1.29 is 10.0 Å². The third-order valence-corrected chi connectivity index (χ3v) is 1.62.